The number of rotatable bonds is 8. The van der Waals surface area contributed by atoms with Crippen LogP contribution in [0.3, 0.4) is 0 Å². The molecule has 2 heterocycles. The number of nitrogens with two attached hydrogens (primary N) is 1. The van der Waals surface area contributed by atoms with Crippen LogP contribution in [0.4, 0.5) is 5.82 Å². The van der Waals surface area contributed by atoms with Crippen LogP contribution in [-0.2, 0) is 31.6 Å². The van der Waals surface area contributed by atoms with Crippen molar-refractivity contribution in [1.82, 2.24) is 28.0 Å². The summed E-state index contributed by atoms with van der Waals surface area (Å²) in [6, 6.07) is 1.35. The van der Waals surface area contributed by atoms with E-state index in [1.807, 2.05) is 0 Å². The van der Waals surface area contributed by atoms with Gasteiger partial charge >= 0.3 is 5.69 Å². The van der Waals surface area contributed by atoms with E-state index in [0.717, 1.165) is 16.3 Å². The summed E-state index contributed by atoms with van der Waals surface area (Å²) in [5, 5.41) is 0. The number of ether oxygens (including phenoxy) is 1. The Bertz CT molecular complexity index is 895. The molecular formula is C8H23N6O12P3S. The average Bonchev–Trinajstić information content (AvgIpc) is 2.90. The van der Waals surface area contributed by atoms with E-state index in [1.54, 1.807) is 0 Å². The van der Waals surface area contributed by atoms with Crippen LogP contribution < -0.4 is 44.6 Å². The maximum atomic E-state index is 11.7. The second-order valence-electron chi connectivity index (χ2n) is 4.72. The third kappa shape index (κ3) is 10.1. The van der Waals surface area contributed by atoms with Crippen LogP contribution in [0.1, 0.15) is 6.23 Å². The van der Waals surface area contributed by atoms with Crippen molar-refractivity contribution in [2.24, 2.45) is 0 Å². The predicted octanol–water partition coefficient (Wildman–Crippen LogP) is -1.01. The van der Waals surface area contributed by atoms with Crippen LogP contribution in [-0.4, -0.2) is 32.2 Å². The first-order valence-electron chi connectivity index (χ1n) is 6.61. The lowest BCUT2D eigenvalue weighted by Gasteiger charge is -2.32. The minimum Gasteiger partial charge on any atom is -0.756 e. The van der Waals surface area contributed by atoms with Crippen LogP contribution in [0.2, 0.25) is 0 Å². The van der Waals surface area contributed by atoms with Crippen LogP contribution >= 0.6 is 35.2 Å². The third-order valence-corrected chi connectivity index (χ3v) is 7.45. The van der Waals surface area contributed by atoms with Crippen LogP contribution in [0.25, 0.3) is 0 Å². The molecule has 1 saturated heterocycles. The number of quaternary nitrogens is 3. The summed E-state index contributed by atoms with van der Waals surface area (Å²) in [4.78, 5) is 56.3. The molecule has 1 aliphatic rings. The highest BCUT2D eigenvalue weighted by atomic mass is 32.2. The van der Waals surface area contributed by atoms with Crippen molar-refractivity contribution in [2.45, 2.75) is 11.7 Å². The molecule has 0 spiro atoms. The number of nitrogen functional groups attached to an aromatic ring is 1. The molecule has 1 aromatic rings. The van der Waals surface area contributed by atoms with Crippen molar-refractivity contribution in [3.63, 3.8) is 0 Å². The van der Waals surface area contributed by atoms with Crippen LogP contribution in [0, 0.1) is 0 Å². The molecule has 30 heavy (non-hydrogen) atoms. The van der Waals surface area contributed by atoms with E-state index in [1.165, 1.54) is 12.3 Å². The fourth-order valence-electron chi connectivity index (χ4n) is 1.76. The van der Waals surface area contributed by atoms with E-state index in [4.69, 9.17) is 15.4 Å². The number of phosphoric ester groups is 1. The van der Waals surface area contributed by atoms with E-state index >= 15 is 0 Å². The molecule has 1 fully saturated rings. The van der Waals surface area contributed by atoms with Crippen molar-refractivity contribution in [1.29, 1.82) is 0 Å². The van der Waals surface area contributed by atoms with Gasteiger partial charge in [0, 0.05) is 11.9 Å². The first-order chi connectivity index (χ1) is 12.3. The Balaban J connectivity index is 0. The van der Waals surface area contributed by atoms with Gasteiger partial charge in [0.1, 0.15) is 17.5 Å². The van der Waals surface area contributed by atoms with E-state index < -0.39 is 47.4 Å². The zero-order valence-corrected chi connectivity index (χ0v) is 19.4. The average molecular weight is 520 g/mol. The van der Waals surface area contributed by atoms with E-state index in [9.17, 15) is 33.2 Å². The van der Waals surface area contributed by atoms with Gasteiger partial charge in [0.05, 0.1) is 6.61 Å². The highest BCUT2D eigenvalue weighted by Gasteiger charge is 2.31. The van der Waals surface area contributed by atoms with Crippen molar-refractivity contribution >= 4 is 41.0 Å². The Labute approximate surface area is 173 Å². The fraction of sp³-hybridized carbons (Fsp3) is 0.500. The summed E-state index contributed by atoms with van der Waals surface area (Å²) in [7, 11) is -17.3. The van der Waals surface area contributed by atoms with Gasteiger partial charge in [-0.25, -0.2) is 13.4 Å². The molecule has 2 rings (SSSR count). The number of aromatic nitrogens is 2. The first-order valence-corrected chi connectivity index (χ1v) is 12.1. The standard InChI is InChI=1S/C8H14N3O12P3S.3H3N/c9-5-1-2-11(8(12)10-5)6-4-27-7(21-6)3-20-25(16,17)23-26(18,19)22-24(13,14)15;;;/h1-2,6-7H,3-4H2,(H,16,17)(H,18,19)(H2,9,10,12)(H2,13,14,15);3*1H3. The lowest BCUT2D eigenvalue weighted by Crippen LogP contribution is -2.29. The largest absolute Gasteiger partial charge is 0.756 e. The minimum atomic E-state index is -5.96. The van der Waals surface area contributed by atoms with Crippen molar-refractivity contribution in [2.75, 3.05) is 18.1 Å². The minimum absolute atomic E-state index is 0. The first kappa shape index (κ1) is 31.5. The molecule has 18 nitrogen and oxygen atoms in total. The molecular weight excluding hydrogens is 497 g/mol. The Hall–Kier alpha value is -0.720. The van der Waals surface area contributed by atoms with E-state index in [0.29, 0.717) is 0 Å². The zero-order valence-electron chi connectivity index (χ0n) is 15.9. The molecule has 0 aromatic carbocycles. The molecule has 0 saturated carbocycles. The molecule has 1 aromatic heterocycles. The van der Waals surface area contributed by atoms with Gasteiger partial charge in [0.2, 0.25) is 0 Å². The number of hydrogen-bond acceptors (Lipinski definition) is 14. The maximum Gasteiger partial charge on any atom is 0.351 e. The number of phosphoric acid groups is 3. The van der Waals surface area contributed by atoms with Gasteiger partial charge in [0.15, 0.2) is 0 Å². The summed E-state index contributed by atoms with van der Waals surface area (Å²) < 4.78 is 50.2. The maximum absolute atomic E-state index is 11.7. The lowest BCUT2D eigenvalue weighted by molar-refractivity contribution is -0.249. The Morgan fingerprint density at radius 3 is 2.37 bits per heavy atom. The normalized spacial score (nSPS) is 24.1. The molecule has 0 aliphatic carbocycles. The van der Waals surface area contributed by atoms with Crippen LogP contribution in [0.5, 0.6) is 0 Å². The van der Waals surface area contributed by atoms with E-state index in [-0.39, 0.29) is 30.0 Å². The quantitative estimate of drug-likeness (QED) is 0.256. The topological polar surface area (TPSA) is 348 Å². The molecule has 0 bridgehead atoms. The Kier molecular flexibility index (Phi) is 12.3. The molecule has 178 valence electrons. The second-order valence-corrected chi connectivity index (χ2v) is 10.2. The molecule has 22 heteroatoms. The van der Waals surface area contributed by atoms with Crippen LogP contribution in [0.15, 0.2) is 17.1 Å². The number of nitrogens with zero attached hydrogens (tertiary/aromatic N) is 2. The highest BCUT2D eigenvalue weighted by molar-refractivity contribution is 8.00. The fourth-order valence-corrected chi connectivity index (χ4v) is 5.74. The summed E-state index contributed by atoms with van der Waals surface area (Å²) in [6.07, 6.45) is 0.507. The number of anilines is 1. The van der Waals surface area contributed by atoms with Crippen molar-refractivity contribution in [3.8, 4) is 0 Å². The highest BCUT2D eigenvalue weighted by Crippen LogP contribution is 2.61. The van der Waals surface area contributed by atoms with E-state index in [2.05, 4.69) is 18.1 Å². The second kappa shape index (κ2) is 11.8. The third-order valence-electron chi connectivity index (χ3n) is 2.67. The molecule has 0 amide bonds. The van der Waals surface area contributed by atoms with Crippen molar-refractivity contribution in [3.05, 3.63) is 22.7 Å². The van der Waals surface area contributed by atoms with Gasteiger partial charge in [-0.1, -0.05) is 0 Å². The summed E-state index contributed by atoms with van der Waals surface area (Å²) in [5.41, 5.74) is 3.71. The smallest absolute Gasteiger partial charge is 0.351 e. The molecule has 15 N–H and O–H groups in total. The Morgan fingerprint density at radius 1 is 1.23 bits per heavy atom. The van der Waals surface area contributed by atoms with Gasteiger partial charge in [-0.2, -0.15) is 4.98 Å². The zero-order chi connectivity index (χ0) is 20.5. The monoisotopic (exact) mass is 520 g/mol. The number of hydrogen-bond donors (Lipinski definition) is 5. The van der Waals surface area contributed by atoms with Gasteiger partial charge in [-0.3, -0.25) is 18.3 Å². The number of thioether (sulfide) groups is 1. The predicted molar refractivity (Wildman–Crippen MR) is 100 cm³/mol. The molecule has 5 unspecified atom stereocenters. The molecule has 0 radical (unpaired) electrons. The van der Waals surface area contributed by atoms with Gasteiger partial charge in [-0.15, -0.1) is 11.8 Å². The summed E-state index contributed by atoms with van der Waals surface area (Å²) >= 11 is 1.03. The van der Waals surface area contributed by atoms with Crippen molar-refractivity contribution < 1.29 is 51.2 Å². The summed E-state index contributed by atoms with van der Waals surface area (Å²) in [5.74, 6) is 0.206. The molecule has 5 atom stereocenters. The van der Waals surface area contributed by atoms with Gasteiger partial charge < -0.3 is 53.0 Å². The van der Waals surface area contributed by atoms with Gasteiger partial charge in [0.25, 0.3) is 23.5 Å². The summed E-state index contributed by atoms with van der Waals surface area (Å²) in [6.45, 7) is -0.729. The SMILES string of the molecule is Nc1ccn(C2CSC(COP(=O)([O-])OP(=O)([O-])OP(=O)([O-])O)O2)c(=O)n1.[NH4+].[NH4+].[NH4+]. The molecule has 1 aliphatic heterocycles. The van der Waals surface area contributed by atoms with Gasteiger partial charge in [-0.05, 0) is 6.07 Å². The Morgan fingerprint density at radius 2 is 1.83 bits per heavy atom. The lowest BCUT2D eigenvalue weighted by atomic mass is 10.5.